The van der Waals surface area contributed by atoms with Crippen LogP contribution in [-0.4, -0.2) is 42.6 Å². The molecule has 0 radical (unpaired) electrons. The van der Waals surface area contributed by atoms with Gasteiger partial charge in [-0.15, -0.1) is 0 Å². The van der Waals surface area contributed by atoms with Crippen LogP contribution < -0.4 is 11.1 Å². The first kappa shape index (κ1) is 21.2. The van der Waals surface area contributed by atoms with Crippen molar-refractivity contribution in [2.24, 2.45) is 5.73 Å². The van der Waals surface area contributed by atoms with E-state index in [9.17, 15) is 8.42 Å². The minimum atomic E-state index is -3.28. The van der Waals surface area contributed by atoms with Crippen molar-refractivity contribution in [3.05, 3.63) is 18.2 Å². The van der Waals surface area contributed by atoms with Gasteiger partial charge in [0.25, 0.3) is 0 Å². The molecule has 26 heavy (non-hydrogen) atoms. The summed E-state index contributed by atoms with van der Waals surface area (Å²) in [7, 11) is -3.28. The Balaban J connectivity index is 1.58. The fourth-order valence-electron chi connectivity index (χ4n) is 2.92. The zero-order valence-corrected chi connectivity index (χ0v) is 17.0. The van der Waals surface area contributed by atoms with Crippen LogP contribution >= 0.6 is 11.7 Å². The van der Waals surface area contributed by atoms with Gasteiger partial charge in [-0.25, -0.2) is 8.42 Å². The van der Waals surface area contributed by atoms with Crippen molar-refractivity contribution >= 4 is 32.6 Å². The first-order valence-corrected chi connectivity index (χ1v) is 11.9. The van der Waals surface area contributed by atoms with Gasteiger partial charge in [0.2, 0.25) is 0 Å². The average molecular weight is 399 g/mol. The number of aromatic nitrogens is 2. The summed E-state index contributed by atoms with van der Waals surface area (Å²) in [6.07, 6.45) is 8.62. The molecular formula is C18H30N4O2S2. The number of nitrogens with two attached hydrogens (primary N) is 1. The third-order valence-corrected chi connectivity index (χ3v) is 6.78. The molecule has 0 aliphatic rings. The molecule has 1 aromatic heterocycles. The molecule has 2 aromatic rings. The number of hydrogen-bond donors (Lipinski definition) is 2. The maximum Gasteiger partial charge on any atom is 0.180 e. The molecule has 0 amide bonds. The van der Waals surface area contributed by atoms with E-state index in [4.69, 9.17) is 5.73 Å². The topological polar surface area (TPSA) is 98.0 Å². The van der Waals surface area contributed by atoms with E-state index in [2.05, 4.69) is 14.1 Å². The highest BCUT2D eigenvalue weighted by Gasteiger charge is 2.19. The molecule has 1 aromatic carbocycles. The molecule has 0 aliphatic heterocycles. The highest BCUT2D eigenvalue weighted by atomic mass is 32.2. The number of hydrogen-bond acceptors (Lipinski definition) is 7. The first-order valence-electron chi connectivity index (χ1n) is 9.50. The standard InChI is InChI=1S/C18H30N4O2S2/c19-12-9-14-20-13-6-4-2-1-3-5-7-15-26(23,24)17-11-8-10-16-18(17)22-25-21-16/h8,10-11,20H,1-7,9,12-15,19H2. The van der Waals surface area contributed by atoms with Gasteiger partial charge >= 0.3 is 0 Å². The van der Waals surface area contributed by atoms with E-state index in [0.717, 1.165) is 50.6 Å². The van der Waals surface area contributed by atoms with E-state index in [1.54, 1.807) is 18.2 Å². The number of nitrogens with one attached hydrogen (secondary N) is 1. The number of unbranched alkanes of at least 4 members (excludes halogenated alkanes) is 6. The number of rotatable bonds is 14. The van der Waals surface area contributed by atoms with E-state index < -0.39 is 9.84 Å². The van der Waals surface area contributed by atoms with Crippen molar-refractivity contribution in [1.82, 2.24) is 14.1 Å². The summed E-state index contributed by atoms with van der Waals surface area (Å²) in [6.45, 7) is 2.82. The van der Waals surface area contributed by atoms with Gasteiger partial charge in [0, 0.05) is 0 Å². The molecule has 0 bridgehead atoms. The van der Waals surface area contributed by atoms with Gasteiger partial charge in [-0.05, 0) is 51.0 Å². The second kappa shape index (κ2) is 11.6. The summed E-state index contributed by atoms with van der Waals surface area (Å²) in [4.78, 5) is 0.325. The van der Waals surface area contributed by atoms with Crippen LogP contribution in [0.4, 0.5) is 0 Å². The quantitative estimate of drug-likeness (QED) is 0.474. The van der Waals surface area contributed by atoms with Crippen LogP contribution in [0.25, 0.3) is 11.0 Å². The largest absolute Gasteiger partial charge is 0.330 e. The maximum absolute atomic E-state index is 12.5. The Morgan fingerprint density at radius 2 is 1.62 bits per heavy atom. The Labute approximate surface area is 160 Å². The van der Waals surface area contributed by atoms with E-state index in [1.165, 1.54) is 25.7 Å². The van der Waals surface area contributed by atoms with Crippen molar-refractivity contribution in [3.8, 4) is 0 Å². The average Bonchev–Trinajstić information content (AvgIpc) is 3.11. The Kier molecular flexibility index (Phi) is 9.45. The number of nitrogens with zero attached hydrogens (tertiary/aromatic N) is 2. The molecule has 8 heteroatoms. The van der Waals surface area contributed by atoms with Crippen molar-refractivity contribution < 1.29 is 8.42 Å². The molecule has 0 saturated carbocycles. The number of fused-ring (bicyclic) bond motifs is 1. The third-order valence-electron chi connectivity index (χ3n) is 4.41. The Hall–Kier alpha value is -1.09. The molecule has 0 spiro atoms. The summed E-state index contributed by atoms with van der Waals surface area (Å²) in [5, 5.41) is 3.38. The fraction of sp³-hybridized carbons (Fsp3) is 0.667. The predicted octanol–water partition coefficient (Wildman–Crippen LogP) is 3.13. The highest BCUT2D eigenvalue weighted by molar-refractivity contribution is 7.91. The highest BCUT2D eigenvalue weighted by Crippen LogP contribution is 2.23. The van der Waals surface area contributed by atoms with Gasteiger partial charge in [-0.3, -0.25) is 0 Å². The lowest BCUT2D eigenvalue weighted by atomic mass is 10.1. The molecule has 0 fully saturated rings. The lowest BCUT2D eigenvalue weighted by Gasteiger charge is -2.06. The van der Waals surface area contributed by atoms with Crippen LogP contribution in [-0.2, 0) is 9.84 Å². The molecule has 0 atom stereocenters. The minimum Gasteiger partial charge on any atom is -0.330 e. The van der Waals surface area contributed by atoms with Crippen molar-refractivity contribution in [2.45, 2.75) is 56.3 Å². The summed E-state index contributed by atoms with van der Waals surface area (Å²) in [5.74, 6) is 0.189. The Bertz CT molecular complexity index is 746. The van der Waals surface area contributed by atoms with Crippen LogP contribution in [0, 0.1) is 0 Å². The molecule has 0 unspecified atom stereocenters. The predicted molar refractivity (Wildman–Crippen MR) is 108 cm³/mol. The van der Waals surface area contributed by atoms with E-state index in [1.807, 2.05) is 0 Å². The molecular weight excluding hydrogens is 368 g/mol. The fourth-order valence-corrected chi connectivity index (χ4v) is 5.06. The molecule has 3 N–H and O–H groups in total. The van der Waals surface area contributed by atoms with Crippen LogP contribution in [0.3, 0.4) is 0 Å². The van der Waals surface area contributed by atoms with Gasteiger partial charge in [0.1, 0.15) is 11.0 Å². The molecule has 0 aliphatic carbocycles. The molecule has 6 nitrogen and oxygen atoms in total. The van der Waals surface area contributed by atoms with Crippen LogP contribution in [0.2, 0.25) is 0 Å². The van der Waals surface area contributed by atoms with Gasteiger partial charge in [-0.1, -0.05) is 38.2 Å². The normalized spacial score (nSPS) is 12.0. The SMILES string of the molecule is NCCCNCCCCCCCCCS(=O)(=O)c1cccc2nsnc12. The lowest BCUT2D eigenvalue weighted by molar-refractivity contribution is 0.555. The van der Waals surface area contributed by atoms with Crippen LogP contribution in [0.15, 0.2) is 23.1 Å². The van der Waals surface area contributed by atoms with Crippen molar-refractivity contribution in [1.29, 1.82) is 0 Å². The smallest absolute Gasteiger partial charge is 0.180 e. The molecule has 146 valence electrons. The molecule has 1 heterocycles. The van der Waals surface area contributed by atoms with E-state index in [-0.39, 0.29) is 5.75 Å². The van der Waals surface area contributed by atoms with Crippen LogP contribution in [0.1, 0.15) is 51.4 Å². The van der Waals surface area contributed by atoms with Gasteiger partial charge in [0.15, 0.2) is 9.84 Å². The number of benzene rings is 1. The number of sulfone groups is 1. The Morgan fingerprint density at radius 3 is 2.38 bits per heavy atom. The molecule has 2 rings (SSSR count). The summed E-state index contributed by atoms with van der Waals surface area (Å²) < 4.78 is 33.3. The summed E-state index contributed by atoms with van der Waals surface area (Å²) in [5.41, 5.74) is 6.62. The van der Waals surface area contributed by atoms with E-state index in [0.29, 0.717) is 22.3 Å². The zero-order valence-electron chi connectivity index (χ0n) is 15.3. The second-order valence-electron chi connectivity index (χ2n) is 6.57. The minimum absolute atomic E-state index is 0.189. The summed E-state index contributed by atoms with van der Waals surface area (Å²) in [6, 6.07) is 5.17. The second-order valence-corrected chi connectivity index (χ2v) is 9.18. The van der Waals surface area contributed by atoms with Crippen LogP contribution in [0.5, 0.6) is 0 Å². The lowest BCUT2D eigenvalue weighted by Crippen LogP contribution is -2.19. The zero-order chi connectivity index (χ0) is 18.7. The first-order chi connectivity index (χ1) is 12.6. The van der Waals surface area contributed by atoms with Gasteiger partial charge in [0.05, 0.1) is 22.4 Å². The van der Waals surface area contributed by atoms with Crippen molar-refractivity contribution in [2.75, 3.05) is 25.4 Å². The third kappa shape index (κ3) is 6.90. The van der Waals surface area contributed by atoms with Gasteiger partial charge in [-0.2, -0.15) is 8.75 Å². The summed E-state index contributed by atoms with van der Waals surface area (Å²) >= 11 is 1.06. The van der Waals surface area contributed by atoms with Crippen molar-refractivity contribution in [3.63, 3.8) is 0 Å². The molecule has 0 saturated heterocycles. The monoisotopic (exact) mass is 398 g/mol. The van der Waals surface area contributed by atoms with Gasteiger partial charge < -0.3 is 11.1 Å². The maximum atomic E-state index is 12.5. The van der Waals surface area contributed by atoms with E-state index >= 15 is 0 Å². The Morgan fingerprint density at radius 1 is 0.923 bits per heavy atom.